The van der Waals surface area contributed by atoms with E-state index in [1.54, 1.807) is 12.5 Å². The summed E-state index contributed by atoms with van der Waals surface area (Å²) in [5.41, 5.74) is 0.635. The number of carbonyl (C=O) groups is 1. The fourth-order valence-corrected chi connectivity index (χ4v) is 2.41. The van der Waals surface area contributed by atoms with Gasteiger partial charge in [-0.15, -0.1) is 0 Å². The third-order valence-corrected chi connectivity index (χ3v) is 3.16. The Morgan fingerprint density at radius 3 is 2.67 bits per heavy atom. The molecule has 1 aliphatic rings. The van der Waals surface area contributed by atoms with Crippen LogP contribution in [0.15, 0.2) is 12.5 Å². The Morgan fingerprint density at radius 1 is 1.40 bits per heavy atom. The van der Waals surface area contributed by atoms with Gasteiger partial charge < -0.3 is 5.01 Å². The molecule has 4 heteroatoms. The van der Waals surface area contributed by atoms with Gasteiger partial charge in [0, 0.05) is 12.1 Å². The zero-order chi connectivity index (χ0) is 10.8. The second-order valence-electron chi connectivity index (χ2n) is 4.29. The average Bonchev–Trinajstić information content (AvgIpc) is 2.65. The highest BCUT2D eigenvalue weighted by molar-refractivity contribution is 5.71. The molecule has 0 saturated carbocycles. The first-order valence-electron chi connectivity index (χ1n) is 5.50. The molecule has 0 radical (unpaired) electrons. The lowest BCUT2D eigenvalue weighted by Gasteiger charge is -2.41. The third-order valence-electron chi connectivity index (χ3n) is 3.16. The molecule has 1 saturated heterocycles. The van der Waals surface area contributed by atoms with Crippen LogP contribution in [0.25, 0.3) is 0 Å². The first kappa shape index (κ1) is 10.2. The van der Waals surface area contributed by atoms with Crippen molar-refractivity contribution in [2.24, 2.45) is 0 Å². The van der Waals surface area contributed by atoms with Gasteiger partial charge in [0.2, 0.25) is 0 Å². The Labute approximate surface area is 89.9 Å². The molecule has 0 bridgehead atoms. The van der Waals surface area contributed by atoms with Gasteiger partial charge in [-0.25, -0.2) is 9.66 Å². The van der Waals surface area contributed by atoms with Crippen LogP contribution in [0, 0.1) is 0 Å². The fourth-order valence-electron chi connectivity index (χ4n) is 2.41. The molecule has 4 nitrogen and oxygen atoms in total. The first-order valence-corrected chi connectivity index (χ1v) is 5.50. The molecule has 2 atom stereocenters. The molecule has 1 aromatic rings. The predicted molar refractivity (Wildman–Crippen MR) is 58.6 cm³/mol. The summed E-state index contributed by atoms with van der Waals surface area (Å²) in [6.07, 6.45) is 7.83. The molecular formula is C11H17N3O. The molecule has 1 fully saturated rings. The van der Waals surface area contributed by atoms with Crippen LogP contribution >= 0.6 is 0 Å². The van der Waals surface area contributed by atoms with Crippen molar-refractivity contribution in [3.05, 3.63) is 18.2 Å². The zero-order valence-electron chi connectivity index (χ0n) is 9.26. The molecule has 1 aliphatic heterocycles. The van der Waals surface area contributed by atoms with Gasteiger partial charge >= 0.3 is 0 Å². The standard InChI is InChI=1S/C11H17N3O/c1-9-4-3-5-10(2)14(9)13-8-12-6-11(13)7-15/h6-10H,3-5H2,1-2H3. The molecule has 0 spiro atoms. The third kappa shape index (κ3) is 1.76. The SMILES string of the molecule is CC1CCCC(C)N1n1cncc1C=O. The molecule has 1 aromatic heterocycles. The van der Waals surface area contributed by atoms with E-state index in [0.717, 1.165) is 6.29 Å². The van der Waals surface area contributed by atoms with E-state index >= 15 is 0 Å². The van der Waals surface area contributed by atoms with E-state index in [4.69, 9.17) is 0 Å². The number of aromatic nitrogens is 2. The Kier molecular flexibility index (Phi) is 2.75. The Morgan fingerprint density at radius 2 is 2.07 bits per heavy atom. The molecule has 2 heterocycles. The van der Waals surface area contributed by atoms with Crippen molar-refractivity contribution in [3.8, 4) is 0 Å². The zero-order valence-corrected chi connectivity index (χ0v) is 9.26. The molecule has 2 unspecified atom stereocenters. The number of piperidine rings is 1. The minimum Gasteiger partial charge on any atom is -0.306 e. The van der Waals surface area contributed by atoms with Crippen LogP contribution in [0.4, 0.5) is 0 Å². The van der Waals surface area contributed by atoms with E-state index in [-0.39, 0.29) is 0 Å². The van der Waals surface area contributed by atoms with Crippen molar-refractivity contribution in [3.63, 3.8) is 0 Å². The molecule has 2 rings (SSSR count). The second-order valence-corrected chi connectivity index (χ2v) is 4.29. The van der Waals surface area contributed by atoms with E-state index in [0.29, 0.717) is 17.8 Å². The normalized spacial score (nSPS) is 26.7. The number of hydrogen-bond acceptors (Lipinski definition) is 3. The summed E-state index contributed by atoms with van der Waals surface area (Å²) in [6.45, 7) is 4.40. The smallest absolute Gasteiger partial charge is 0.170 e. The highest BCUT2D eigenvalue weighted by atomic mass is 16.1. The highest BCUT2D eigenvalue weighted by Crippen LogP contribution is 2.21. The van der Waals surface area contributed by atoms with Gasteiger partial charge in [-0.1, -0.05) is 0 Å². The summed E-state index contributed by atoms with van der Waals surface area (Å²) in [7, 11) is 0. The number of nitrogens with zero attached hydrogens (tertiary/aromatic N) is 3. The van der Waals surface area contributed by atoms with Gasteiger partial charge in [0.25, 0.3) is 0 Å². The van der Waals surface area contributed by atoms with Crippen molar-refractivity contribution in [2.45, 2.75) is 45.2 Å². The monoisotopic (exact) mass is 207 g/mol. The first-order chi connectivity index (χ1) is 7.24. The number of hydrogen-bond donors (Lipinski definition) is 0. The van der Waals surface area contributed by atoms with Crippen LogP contribution in [0.5, 0.6) is 0 Å². The molecule has 0 N–H and O–H groups in total. The molecule has 0 aromatic carbocycles. The number of carbonyl (C=O) groups excluding carboxylic acids is 1. The second kappa shape index (κ2) is 4.04. The van der Waals surface area contributed by atoms with Crippen molar-refractivity contribution in [2.75, 3.05) is 5.01 Å². The van der Waals surface area contributed by atoms with Gasteiger partial charge in [-0.05, 0) is 33.1 Å². The molecular weight excluding hydrogens is 190 g/mol. The largest absolute Gasteiger partial charge is 0.306 e. The minimum atomic E-state index is 0.474. The van der Waals surface area contributed by atoms with Crippen LogP contribution < -0.4 is 5.01 Å². The number of rotatable bonds is 2. The summed E-state index contributed by atoms with van der Waals surface area (Å²) in [5.74, 6) is 0. The van der Waals surface area contributed by atoms with Crippen LogP contribution in [0.1, 0.15) is 43.6 Å². The van der Waals surface area contributed by atoms with E-state index < -0.39 is 0 Å². The summed E-state index contributed by atoms with van der Waals surface area (Å²) < 4.78 is 1.89. The fraction of sp³-hybridized carbons (Fsp3) is 0.636. The maximum absolute atomic E-state index is 10.9. The molecule has 0 amide bonds. The van der Waals surface area contributed by atoms with Crippen LogP contribution in [-0.2, 0) is 0 Å². The van der Waals surface area contributed by atoms with E-state index in [1.165, 1.54) is 19.3 Å². The predicted octanol–water partition coefficient (Wildman–Crippen LogP) is 1.59. The van der Waals surface area contributed by atoms with Crippen molar-refractivity contribution >= 4 is 6.29 Å². The van der Waals surface area contributed by atoms with E-state index in [2.05, 4.69) is 23.8 Å². The van der Waals surface area contributed by atoms with E-state index in [1.807, 2.05) is 4.68 Å². The average molecular weight is 207 g/mol. The lowest BCUT2D eigenvalue weighted by molar-refractivity contribution is 0.111. The van der Waals surface area contributed by atoms with E-state index in [9.17, 15) is 4.79 Å². The van der Waals surface area contributed by atoms with Crippen LogP contribution in [0.2, 0.25) is 0 Å². The van der Waals surface area contributed by atoms with Crippen molar-refractivity contribution < 1.29 is 4.79 Å². The summed E-state index contributed by atoms with van der Waals surface area (Å²) in [5, 5.41) is 2.25. The molecule has 15 heavy (non-hydrogen) atoms. The Bertz CT molecular complexity index is 337. The topological polar surface area (TPSA) is 38.1 Å². The van der Waals surface area contributed by atoms with Crippen molar-refractivity contribution in [1.82, 2.24) is 9.66 Å². The number of aldehydes is 1. The minimum absolute atomic E-state index is 0.474. The van der Waals surface area contributed by atoms with Gasteiger partial charge in [-0.2, -0.15) is 0 Å². The quantitative estimate of drug-likeness (QED) is 0.691. The van der Waals surface area contributed by atoms with Crippen molar-refractivity contribution in [1.29, 1.82) is 0 Å². The summed E-state index contributed by atoms with van der Waals surface area (Å²) >= 11 is 0. The maximum Gasteiger partial charge on any atom is 0.170 e. The van der Waals surface area contributed by atoms with Gasteiger partial charge in [0.1, 0.15) is 12.0 Å². The lowest BCUT2D eigenvalue weighted by Crippen LogP contribution is -2.51. The Balaban J connectivity index is 2.31. The molecule has 0 aliphatic carbocycles. The highest BCUT2D eigenvalue weighted by Gasteiger charge is 2.26. The van der Waals surface area contributed by atoms with Gasteiger partial charge in [0.05, 0.1) is 6.20 Å². The van der Waals surface area contributed by atoms with Crippen LogP contribution in [-0.4, -0.2) is 28.0 Å². The van der Waals surface area contributed by atoms with Gasteiger partial charge in [0.15, 0.2) is 6.29 Å². The maximum atomic E-state index is 10.9. The summed E-state index contributed by atoms with van der Waals surface area (Å²) in [4.78, 5) is 14.9. The summed E-state index contributed by atoms with van der Waals surface area (Å²) in [6, 6.07) is 0.947. The lowest BCUT2D eigenvalue weighted by atomic mass is 10.00. The van der Waals surface area contributed by atoms with Gasteiger partial charge in [-0.3, -0.25) is 4.79 Å². The Hall–Kier alpha value is -1.32. The molecule has 82 valence electrons. The number of imidazole rings is 1. The van der Waals surface area contributed by atoms with Crippen LogP contribution in [0.3, 0.4) is 0 Å².